The third kappa shape index (κ3) is 1.90. The maximum absolute atomic E-state index is 5.70. The second-order valence-corrected chi connectivity index (χ2v) is 3.77. The zero-order chi connectivity index (χ0) is 10.7. The lowest BCUT2D eigenvalue weighted by molar-refractivity contribution is 0.304. The van der Waals surface area contributed by atoms with Gasteiger partial charge in [-0.25, -0.2) is 0 Å². The molecule has 2 N–H and O–H groups in total. The molecule has 1 heterocycles. The van der Waals surface area contributed by atoms with Crippen LogP contribution in [0.15, 0.2) is 4.52 Å². The highest BCUT2D eigenvalue weighted by Gasteiger charge is 2.23. The van der Waals surface area contributed by atoms with Crippen molar-refractivity contribution in [2.75, 3.05) is 13.7 Å². The molecule has 0 saturated carbocycles. The fraction of sp³-hybridized carbons (Fsp3) is 0.700. The number of methoxy groups -OCH3 is 1. The largest absolute Gasteiger partial charge is 0.479 e. The number of aromatic nitrogens is 1. The summed E-state index contributed by atoms with van der Waals surface area (Å²) in [5.41, 5.74) is 6.65. The summed E-state index contributed by atoms with van der Waals surface area (Å²) in [6, 6.07) is 0. The van der Waals surface area contributed by atoms with Crippen LogP contribution in [0.1, 0.15) is 31.1 Å². The molecule has 0 saturated heterocycles. The van der Waals surface area contributed by atoms with Crippen LogP contribution in [0.2, 0.25) is 0 Å². The van der Waals surface area contributed by atoms with Gasteiger partial charge in [-0.2, -0.15) is 0 Å². The molecule has 1 aromatic rings. The second kappa shape index (κ2) is 4.46. The summed E-state index contributed by atoms with van der Waals surface area (Å²) in [5, 5.41) is 3.83. The third-order valence-electron chi connectivity index (χ3n) is 2.51. The van der Waals surface area contributed by atoms with Crippen molar-refractivity contribution >= 4 is 0 Å². The Morgan fingerprint density at radius 3 is 2.50 bits per heavy atom. The summed E-state index contributed by atoms with van der Waals surface area (Å²) in [5.74, 6) is 2.06. The normalized spacial score (nSPS) is 13.3. The first-order chi connectivity index (χ1) is 6.61. The van der Waals surface area contributed by atoms with Crippen molar-refractivity contribution in [3.63, 3.8) is 0 Å². The summed E-state index contributed by atoms with van der Waals surface area (Å²) in [7, 11) is 1.58. The van der Waals surface area contributed by atoms with Crippen LogP contribution in [0.3, 0.4) is 0 Å². The molecular weight excluding hydrogens is 180 g/mol. The van der Waals surface area contributed by atoms with Gasteiger partial charge in [-0.3, -0.25) is 0 Å². The van der Waals surface area contributed by atoms with E-state index in [1.54, 1.807) is 7.11 Å². The van der Waals surface area contributed by atoms with E-state index in [0.29, 0.717) is 18.3 Å². The lowest BCUT2D eigenvalue weighted by Gasteiger charge is -2.15. The lowest BCUT2D eigenvalue weighted by Crippen LogP contribution is -2.18. The Labute approximate surface area is 84.4 Å². The van der Waals surface area contributed by atoms with Crippen LogP contribution in [-0.4, -0.2) is 18.8 Å². The highest BCUT2D eigenvalue weighted by Crippen LogP contribution is 2.30. The predicted octanol–water partition coefficient (Wildman–Crippen LogP) is 1.69. The van der Waals surface area contributed by atoms with E-state index in [4.69, 9.17) is 15.0 Å². The fourth-order valence-corrected chi connectivity index (χ4v) is 1.55. The summed E-state index contributed by atoms with van der Waals surface area (Å²) < 4.78 is 10.3. The lowest BCUT2D eigenvalue weighted by atomic mass is 9.91. The Kier molecular flexibility index (Phi) is 3.52. The molecule has 0 amide bonds. The Hall–Kier alpha value is -1.03. The molecule has 0 fully saturated rings. The molecule has 4 heteroatoms. The highest BCUT2D eigenvalue weighted by atomic mass is 16.5. The first-order valence-electron chi connectivity index (χ1n) is 4.82. The van der Waals surface area contributed by atoms with Gasteiger partial charge in [0.25, 0.3) is 5.88 Å². The van der Waals surface area contributed by atoms with Crippen LogP contribution in [0.25, 0.3) is 0 Å². The van der Waals surface area contributed by atoms with Gasteiger partial charge in [0.2, 0.25) is 0 Å². The van der Waals surface area contributed by atoms with Crippen LogP contribution in [0, 0.1) is 12.8 Å². The van der Waals surface area contributed by atoms with Gasteiger partial charge in [0.1, 0.15) is 5.76 Å². The van der Waals surface area contributed by atoms with Gasteiger partial charge >= 0.3 is 0 Å². The van der Waals surface area contributed by atoms with E-state index in [1.807, 2.05) is 6.92 Å². The Balaban J connectivity index is 2.99. The van der Waals surface area contributed by atoms with E-state index < -0.39 is 0 Å². The van der Waals surface area contributed by atoms with Gasteiger partial charge in [-0.05, 0) is 18.0 Å². The molecule has 0 bridgehead atoms. The smallest absolute Gasteiger partial charge is 0.257 e. The van der Waals surface area contributed by atoms with Crippen LogP contribution in [-0.2, 0) is 0 Å². The van der Waals surface area contributed by atoms with Gasteiger partial charge in [0.15, 0.2) is 0 Å². The zero-order valence-electron chi connectivity index (χ0n) is 9.20. The average molecular weight is 198 g/mol. The first kappa shape index (κ1) is 11.0. The van der Waals surface area contributed by atoms with Crippen molar-refractivity contribution in [2.24, 2.45) is 11.7 Å². The van der Waals surface area contributed by atoms with E-state index in [2.05, 4.69) is 19.0 Å². The SMILES string of the molecule is COc1noc(C(CN)C(C)C)c1C. The van der Waals surface area contributed by atoms with Gasteiger partial charge in [-0.15, -0.1) is 0 Å². The van der Waals surface area contributed by atoms with Crippen LogP contribution in [0.5, 0.6) is 5.88 Å². The number of ether oxygens (including phenoxy) is 1. The topological polar surface area (TPSA) is 61.3 Å². The Bertz CT molecular complexity index is 294. The first-order valence-corrected chi connectivity index (χ1v) is 4.82. The molecule has 0 aliphatic heterocycles. The minimum Gasteiger partial charge on any atom is -0.479 e. The molecule has 4 nitrogen and oxygen atoms in total. The number of hydrogen-bond donors (Lipinski definition) is 1. The van der Waals surface area contributed by atoms with Crippen molar-refractivity contribution in [3.8, 4) is 5.88 Å². The molecule has 0 aliphatic carbocycles. The molecular formula is C10H18N2O2. The van der Waals surface area contributed by atoms with Crippen molar-refractivity contribution < 1.29 is 9.26 Å². The van der Waals surface area contributed by atoms with E-state index in [9.17, 15) is 0 Å². The molecule has 1 aromatic heterocycles. The molecule has 1 unspecified atom stereocenters. The van der Waals surface area contributed by atoms with E-state index in [-0.39, 0.29) is 5.92 Å². The minimum absolute atomic E-state index is 0.214. The maximum Gasteiger partial charge on any atom is 0.257 e. The van der Waals surface area contributed by atoms with Gasteiger partial charge < -0.3 is 15.0 Å². The molecule has 1 rings (SSSR count). The average Bonchev–Trinajstić information content (AvgIpc) is 2.49. The maximum atomic E-state index is 5.70. The van der Waals surface area contributed by atoms with E-state index >= 15 is 0 Å². The van der Waals surface area contributed by atoms with Crippen molar-refractivity contribution in [3.05, 3.63) is 11.3 Å². The van der Waals surface area contributed by atoms with E-state index in [1.165, 1.54) is 0 Å². The highest BCUT2D eigenvalue weighted by molar-refractivity contribution is 5.29. The minimum atomic E-state index is 0.214. The zero-order valence-corrected chi connectivity index (χ0v) is 9.20. The number of rotatable bonds is 4. The van der Waals surface area contributed by atoms with Crippen molar-refractivity contribution in [2.45, 2.75) is 26.7 Å². The molecule has 1 atom stereocenters. The summed E-state index contributed by atoms with van der Waals surface area (Å²) in [4.78, 5) is 0. The second-order valence-electron chi connectivity index (χ2n) is 3.77. The van der Waals surface area contributed by atoms with Crippen LogP contribution >= 0.6 is 0 Å². The van der Waals surface area contributed by atoms with E-state index in [0.717, 1.165) is 11.3 Å². The molecule has 14 heavy (non-hydrogen) atoms. The monoisotopic (exact) mass is 198 g/mol. The molecule has 80 valence electrons. The molecule has 0 spiro atoms. The van der Waals surface area contributed by atoms with Crippen molar-refractivity contribution in [1.29, 1.82) is 0 Å². The van der Waals surface area contributed by atoms with Crippen LogP contribution < -0.4 is 10.5 Å². The number of hydrogen-bond acceptors (Lipinski definition) is 4. The Morgan fingerprint density at radius 2 is 2.14 bits per heavy atom. The van der Waals surface area contributed by atoms with Gasteiger partial charge in [0, 0.05) is 12.5 Å². The predicted molar refractivity (Wildman–Crippen MR) is 54.4 cm³/mol. The fourth-order valence-electron chi connectivity index (χ4n) is 1.55. The summed E-state index contributed by atoms with van der Waals surface area (Å²) >= 11 is 0. The number of nitrogens with zero attached hydrogens (tertiary/aromatic N) is 1. The molecule has 0 aliphatic rings. The van der Waals surface area contributed by atoms with Crippen molar-refractivity contribution in [1.82, 2.24) is 5.16 Å². The third-order valence-corrected chi connectivity index (χ3v) is 2.51. The molecule has 0 radical (unpaired) electrons. The summed E-state index contributed by atoms with van der Waals surface area (Å²) in [6.45, 7) is 6.74. The standard InChI is InChI=1S/C10H18N2O2/c1-6(2)8(5-11)9-7(3)10(13-4)12-14-9/h6,8H,5,11H2,1-4H3. The van der Waals surface area contributed by atoms with Crippen LogP contribution in [0.4, 0.5) is 0 Å². The number of nitrogens with two attached hydrogens (primary N) is 1. The summed E-state index contributed by atoms with van der Waals surface area (Å²) in [6.07, 6.45) is 0. The quantitative estimate of drug-likeness (QED) is 0.799. The van der Waals surface area contributed by atoms with Gasteiger partial charge in [0.05, 0.1) is 12.7 Å². The van der Waals surface area contributed by atoms with Gasteiger partial charge in [-0.1, -0.05) is 13.8 Å². The molecule has 0 aromatic carbocycles. The Morgan fingerprint density at radius 1 is 1.50 bits per heavy atom.